The molecule has 0 unspecified atom stereocenters. The van der Waals surface area contributed by atoms with Crippen molar-refractivity contribution in [3.63, 3.8) is 0 Å². The molecule has 2 aromatic rings. The van der Waals surface area contributed by atoms with E-state index in [1.54, 1.807) is 19.1 Å². The quantitative estimate of drug-likeness (QED) is 0.937. The Morgan fingerprint density at radius 3 is 2.55 bits per heavy atom. The molecule has 8 heteroatoms. The van der Waals surface area contributed by atoms with E-state index in [4.69, 9.17) is 4.52 Å². The maximum Gasteiger partial charge on any atom is 0.302 e. The molecule has 2 rings (SSSR count). The molecule has 0 amide bonds. The third-order valence-electron chi connectivity index (χ3n) is 2.75. The van der Waals surface area contributed by atoms with Crippen molar-refractivity contribution in [3.05, 3.63) is 35.6 Å². The van der Waals surface area contributed by atoms with Crippen LogP contribution in [0.15, 0.2) is 28.8 Å². The normalized spacial score (nSPS) is 11.8. The van der Waals surface area contributed by atoms with E-state index in [2.05, 4.69) is 9.88 Å². The van der Waals surface area contributed by atoms with Crippen LogP contribution in [0, 0.1) is 12.7 Å². The van der Waals surface area contributed by atoms with Crippen LogP contribution in [-0.4, -0.2) is 32.0 Å². The second kappa shape index (κ2) is 5.22. The third kappa shape index (κ3) is 2.66. The van der Waals surface area contributed by atoms with E-state index in [1.807, 2.05) is 0 Å². The summed E-state index contributed by atoms with van der Waals surface area (Å²) < 4.78 is 45.5. The van der Waals surface area contributed by atoms with Gasteiger partial charge in [-0.1, -0.05) is 17.3 Å². The molecule has 0 bridgehead atoms. The molecule has 1 heterocycles. The predicted molar refractivity (Wildman–Crippen MR) is 72.9 cm³/mol. The predicted octanol–water partition coefficient (Wildman–Crippen LogP) is 2.01. The summed E-state index contributed by atoms with van der Waals surface area (Å²) >= 11 is 0. The molecule has 0 saturated carbocycles. The van der Waals surface area contributed by atoms with Gasteiger partial charge in [0.2, 0.25) is 0 Å². The number of aromatic nitrogens is 1. The number of rotatable bonds is 4. The van der Waals surface area contributed by atoms with E-state index >= 15 is 0 Å². The van der Waals surface area contributed by atoms with Gasteiger partial charge in [-0.2, -0.15) is 12.7 Å². The number of halogens is 1. The molecule has 0 saturated heterocycles. The van der Waals surface area contributed by atoms with Crippen molar-refractivity contribution in [2.45, 2.75) is 6.92 Å². The maximum absolute atomic E-state index is 13.7. The highest BCUT2D eigenvalue weighted by Gasteiger charge is 2.21. The second-order valence-electron chi connectivity index (χ2n) is 4.35. The summed E-state index contributed by atoms with van der Waals surface area (Å²) in [6.45, 7) is 1.60. The van der Waals surface area contributed by atoms with Crippen LogP contribution in [0.4, 0.5) is 10.2 Å². The van der Waals surface area contributed by atoms with Crippen molar-refractivity contribution in [3.8, 4) is 11.3 Å². The number of hydrogen-bond donors (Lipinski definition) is 1. The number of nitrogens with one attached hydrogen (secondary N) is 1. The van der Waals surface area contributed by atoms with E-state index < -0.39 is 16.0 Å². The minimum Gasteiger partial charge on any atom is -0.354 e. The van der Waals surface area contributed by atoms with Gasteiger partial charge >= 0.3 is 10.2 Å². The van der Waals surface area contributed by atoms with E-state index in [1.165, 1.54) is 26.2 Å². The first kappa shape index (κ1) is 14.5. The summed E-state index contributed by atoms with van der Waals surface area (Å²) in [6.07, 6.45) is 0. The Labute approximate surface area is 116 Å². The molecule has 6 nitrogen and oxygen atoms in total. The number of nitrogens with zero attached hydrogens (tertiary/aromatic N) is 2. The van der Waals surface area contributed by atoms with Crippen molar-refractivity contribution < 1.29 is 17.3 Å². The highest BCUT2D eigenvalue weighted by atomic mass is 32.2. The molecule has 1 N–H and O–H groups in total. The zero-order chi connectivity index (χ0) is 14.9. The van der Waals surface area contributed by atoms with Crippen LogP contribution >= 0.6 is 0 Å². The lowest BCUT2D eigenvalue weighted by Crippen LogP contribution is -2.29. The standard InChI is InChI=1S/C12H14FN3O3S/c1-8-11(9-6-4-5-7-10(9)13)19-14-12(8)15-20(17,18)16(2)3/h4-7H,1-3H3,(H,14,15). The topological polar surface area (TPSA) is 75.4 Å². The molecular weight excluding hydrogens is 285 g/mol. The number of benzene rings is 1. The third-order valence-corrected chi connectivity index (χ3v) is 4.16. The van der Waals surface area contributed by atoms with Crippen molar-refractivity contribution in [2.75, 3.05) is 18.8 Å². The largest absolute Gasteiger partial charge is 0.354 e. The molecule has 0 atom stereocenters. The molecule has 0 fully saturated rings. The van der Waals surface area contributed by atoms with Crippen molar-refractivity contribution >= 4 is 16.0 Å². The fraction of sp³-hybridized carbons (Fsp3) is 0.250. The van der Waals surface area contributed by atoms with Crippen LogP contribution in [0.3, 0.4) is 0 Å². The highest BCUT2D eigenvalue weighted by molar-refractivity contribution is 7.90. The summed E-state index contributed by atoms with van der Waals surface area (Å²) in [7, 11) is -0.917. The summed E-state index contributed by atoms with van der Waals surface area (Å²) in [6, 6.07) is 6.04. The molecule has 108 valence electrons. The zero-order valence-corrected chi connectivity index (χ0v) is 12.0. The average Bonchev–Trinajstić information content (AvgIpc) is 2.71. The van der Waals surface area contributed by atoms with Gasteiger partial charge in [0, 0.05) is 19.7 Å². The summed E-state index contributed by atoms with van der Waals surface area (Å²) in [5, 5.41) is 3.64. The van der Waals surface area contributed by atoms with Gasteiger partial charge in [0.05, 0.1) is 5.56 Å². The van der Waals surface area contributed by atoms with Crippen molar-refractivity contribution in [1.29, 1.82) is 0 Å². The average molecular weight is 299 g/mol. The molecule has 0 aliphatic carbocycles. The fourth-order valence-corrected chi connectivity index (χ4v) is 2.16. The molecule has 0 aliphatic heterocycles. The summed E-state index contributed by atoms with van der Waals surface area (Å²) in [5.41, 5.74) is 0.647. The van der Waals surface area contributed by atoms with Gasteiger partial charge in [-0.05, 0) is 19.1 Å². The Morgan fingerprint density at radius 2 is 1.95 bits per heavy atom. The number of anilines is 1. The first-order valence-corrected chi connectivity index (χ1v) is 7.18. The lowest BCUT2D eigenvalue weighted by atomic mass is 10.1. The molecule has 0 radical (unpaired) electrons. The Hall–Kier alpha value is -1.93. The Kier molecular flexibility index (Phi) is 3.78. The minimum atomic E-state index is -3.69. The fourth-order valence-electron chi connectivity index (χ4n) is 1.54. The minimum absolute atomic E-state index is 0.0388. The SMILES string of the molecule is Cc1c(NS(=O)(=O)N(C)C)noc1-c1ccccc1F. The molecule has 20 heavy (non-hydrogen) atoms. The number of hydrogen-bond acceptors (Lipinski definition) is 4. The highest BCUT2D eigenvalue weighted by Crippen LogP contribution is 2.30. The Balaban J connectivity index is 2.41. The van der Waals surface area contributed by atoms with Gasteiger partial charge in [-0.25, -0.2) is 4.39 Å². The molecule has 0 spiro atoms. The molecule has 0 aliphatic rings. The zero-order valence-electron chi connectivity index (χ0n) is 11.2. The van der Waals surface area contributed by atoms with Crippen LogP contribution in [0.5, 0.6) is 0 Å². The van der Waals surface area contributed by atoms with E-state index in [-0.39, 0.29) is 17.1 Å². The molecular formula is C12H14FN3O3S. The van der Waals surface area contributed by atoms with Crippen LogP contribution in [-0.2, 0) is 10.2 Å². The first-order valence-electron chi connectivity index (χ1n) is 5.74. The van der Waals surface area contributed by atoms with Gasteiger partial charge in [-0.3, -0.25) is 4.72 Å². The van der Waals surface area contributed by atoms with Crippen LogP contribution in [0.1, 0.15) is 5.56 Å². The molecule has 1 aromatic heterocycles. The first-order chi connectivity index (χ1) is 9.33. The van der Waals surface area contributed by atoms with Crippen LogP contribution in [0.25, 0.3) is 11.3 Å². The van der Waals surface area contributed by atoms with E-state index in [9.17, 15) is 12.8 Å². The maximum atomic E-state index is 13.7. The summed E-state index contributed by atoms with van der Waals surface area (Å²) in [4.78, 5) is 0. The van der Waals surface area contributed by atoms with Crippen molar-refractivity contribution in [2.24, 2.45) is 0 Å². The van der Waals surface area contributed by atoms with Gasteiger partial charge in [0.15, 0.2) is 11.6 Å². The van der Waals surface area contributed by atoms with Gasteiger partial charge < -0.3 is 4.52 Å². The Bertz CT molecular complexity index is 725. The lowest BCUT2D eigenvalue weighted by Gasteiger charge is -2.11. The van der Waals surface area contributed by atoms with Crippen LogP contribution < -0.4 is 4.72 Å². The van der Waals surface area contributed by atoms with E-state index in [0.29, 0.717) is 5.56 Å². The second-order valence-corrected chi connectivity index (χ2v) is 6.24. The van der Waals surface area contributed by atoms with Crippen molar-refractivity contribution in [1.82, 2.24) is 9.46 Å². The molecule has 1 aromatic carbocycles. The van der Waals surface area contributed by atoms with Gasteiger partial charge in [0.1, 0.15) is 5.82 Å². The smallest absolute Gasteiger partial charge is 0.302 e. The van der Waals surface area contributed by atoms with E-state index in [0.717, 1.165) is 4.31 Å². The Morgan fingerprint density at radius 1 is 1.30 bits per heavy atom. The van der Waals surface area contributed by atoms with Crippen LogP contribution in [0.2, 0.25) is 0 Å². The monoisotopic (exact) mass is 299 g/mol. The summed E-state index contributed by atoms with van der Waals surface area (Å²) in [5.74, 6) is -0.231. The van der Waals surface area contributed by atoms with Gasteiger partial charge in [-0.15, -0.1) is 0 Å². The lowest BCUT2D eigenvalue weighted by molar-refractivity contribution is 0.432. The van der Waals surface area contributed by atoms with Gasteiger partial charge in [0.25, 0.3) is 0 Å².